The lowest BCUT2D eigenvalue weighted by Gasteiger charge is -2.34. The molecule has 0 radical (unpaired) electrons. The minimum atomic E-state index is -3.06. The highest BCUT2D eigenvalue weighted by atomic mass is 32.2. The molecule has 6 heteroatoms. The van der Waals surface area contributed by atoms with Crippen LogP contribution in [0.3, 0.4) is 0 Å². The van der Waals surface area contributed by atoms with E-state index in [0.29, 0.717) is 19.1 Å². The Morgan fingerprint density at radius 1 is 1.22 bits per heavy atom. The minimum Gasteiger partial charge on any atom is -0.313 e. The van der Waals surface area contributed by atoms with Crippen molar-refractivity contribution in [3.63, 3.8) is 0 Å². The maximum absolute atomic E-state index is 12.3. The molecule has 5 nitrogen and oxygen atoms in total. The summed E-state index contributed by atoms with van der Waals surface area (Å²) in [7, 11) is 1.07. The Hall–Kier alpha value is -0.170. The number of hydrogen-bond donors (Lipinski definition) is 1. The Labute approximate surface area is 111 Å². The fourth-order valence-electron chi connectivity index (χ4n) is 2.90. The molecule has 106 valence electrons. The number of piperidine rings is 1. The van der Waals surface area contributed by atoms with E-state index in [2.05, 4.69) is 24.3 Å². The SMILES string of the molecule is CN(C)C1CCN(S(=O)(=O)CC2CCCN2)CC1. The second-order valence-corrected chi connectivity index (χ2v) is 7.68. The van der Waals surface area contributed by atoms with Crippen LogP contribution in [0.25, 0.3) is 0 Å². The summed E-state index contributed by atoms with van der Waals surface area (Å²) in [5.41, 5.74) is 0. The number of rotatable bonds is 4. The van der Waals surface area contributed by atoms with Crippen molar-refractivity contribution in [2.45, 2.75) is 37.8 Å². The molecule has 2 saturated heterocycles. The van der Waals surface area contributed by atoms with Gasteiger partial charge in [-0.1, -0.05) is 0 Å². The van der Waals surface area contributed by atoms with E-state index in [9.17, 15) is 8.42 Å². The van der Waals surface area contributed by atoms with Gasteiger partial charge in [-0.2, -0.15) is 0 Å². The molecule has 0 spiro atoms. The van der Waals surface area contributed by atoms with E-state index in [1.54, 1.807) is 4.31 Å². The van der Waals surface area contributed by atoms with Gasteiger partial charge in [0.1, 0.15) is 0 Å². The lowest BCUT2D eigenvalue weighted by molar-refractivity contribution is 0.196. The van der Waals surface area contributed by atoms with Gasteiger partial charge in [-0.25, -0.2) is 12.7 Å². The van der Waals surface area contributed by atoms with Gasteiger partial charge in [0.15, 0.2) is 0 Å². The van der Waals surface area contributed by atoms with Crippen LogP contribution in [0.15, 0.2) is 0 Å². The third-order valence-corrected chi connectivity index (χ3v) is 6.10. The molecule has 2 aliphatic rings. The van der Waals surface area contributed by atoms with Crippen LogP contribution in [0.5, 0.6) is 0 Å². The van der Waals surface area contributed by atoms with E-state index >= 15 is 0 Å². The van der Waals surface area contributed by atoms with E-state index in [-0.39, 0.29) is 11.8 Å². The van der Waals surface area contributed by atoms with Crippen LogP contribution in [0.1, 0.15) is 25.7 Å². The van der Waals surface area contributed by atoms with E-state index in [0.717, 1.165) is 32.2 Å². The highest BCUT2D eigenvalue weighted by Gasteiger charge is 2.31. The summed E-state index contributed by atoms with van der Waals surface area (Å²) in [5, 5.41) is 3.26. The molecule has 0 aromatic heterocycles. The summed E-state index contributed by atoms with van der Waals surface area (Å²) in [5.74, 6) is 0.277. The van der Waals surface area contributed by atoms with Crippen molar-refractivity contribution in [3.05, 3.63) is 0 Å². The van der Waals surface area contributed by atoms with Gasteiger partial charge in [-0.05, 0) is 46.3 Å². The number of nitrogens with one attached hydrogen (secondary N) is 1. The molecule has 2 rings (SSSR count). The lowest BCUT2D eigenvalue weighted by Crippen LogP contribution is -2.47. The molecular weight excluding hydrogens is 250 g/mol. The molecule has 0 aliphatic carbocycles. The van der Waals surface area contributed by atoms with Gasteiger partial charge in [0.2, 0.25) is 10.0 Å². The summed E-state index contributed by atoms with van der Waals surface area (Å²) in [6.07, 6.45) is 3.99. The third-order valence-electron chi connectivity index (χ3n) is 4.12. The van der Waals surface area contributed by atoms with Crippen LogP contribution in [0.4, 0.5) is 0 Å². The van der Waals surface area contributed by atoms with Gasteiger partial charge >= 0.3 is 0 Å². The van der Waals surface area contributed by atoms with Gasteiger partial charge in [0.05, 0.1) is 5.75 Å². The number of nitrogens with zero attached hydrogens (tertiary/aromatic N) is 2. The molecule has 0 bridgehead atoms. The van der Waals surface area contributed by atoms with Crippen LogP contribution >= 0.6 is 0 Å². The fourth-order valence-corrected chi connectivity index (χ4v) is 4.67. The van der Waals surface area contributed by atoms with Crippen molar-refractivity contribution in [2.75, 3.05) is 39.5 Å². The zero-order valence-electron chi connectivity index (χ0n) is 11.4. The van der Waals surface area contributed by atoms with Gasteiger partial charge < -0.3 is 10.2 Å². The van der Waals surface area contributed by atoms with Crippen LogP contribution in [0.2, 0.25) is 0 Å². The van der Waals surface area contributed by atoms with Gasteiger partial charge in [-0.3, -0.25) is 0 Å². The average molecular weight is 275 g/mol. The first kappa shape index (κ1) is 14.2. The second kappa shape index (κ2) is 5.86. The van der Waals surface area contributed by atoms with E-state index < -0.39 is 10.0 Å². The summed E-state index contributed by atoms with van der Waals surface area (Å²) in [6.45, 7) is 2.32. The lowest BCUT2D eigenvalue weighted by atomic mass is 10.1. The molecule has 0 aromatic rings. The van der Waals surface area contributed by atoms with Gasteiger partial charge in [0, 0.05) is 25.2 Å². The Balaban J connectivity index is 1.87. The standard InChI is InChI=1S/C12H25N3O2S/c1-14(2)12-5-8-15(9-6-12)18(16,17)10-11-4-3-7-13-11/h11-13H,3-10H2,1-2H3. The predicted octanol–water partition coefficient (Wildman–Crippen LogP) is 0.0942. The van der Waals surface area contributed by atoms with Crippen LogP contribution < -0.4 is 5.32 Å². The molecule has 18 heavy (non-hydrogen) atoms. The maximum atomic E-state index is 12.3. The van der Waals surface area contributed by atoms with E-state index in [4.69, 9.17) is 0 Å². The summed E-state index contributed by atoms with van der Waals surface area (Å²) < 4.78 is 26.3. The molecule has 0 aromatic carbocycles. The Morgan fingerprint density at radius 3 is 2.39 bits per heavy atom. The Bertz CT molecular complexity index is 356. The second-order valence-electron chi connectivity index (χ2n) is 5.67. The molecule has 2 fully saturated rings. The monoisotopic (exact) mass is 275 g/mol. The summed E-state index contributed by atoms with van der Waals surface area (Å²) in [4.78, 5) is 2.20. The topological polar surface area (TPSA) is 52.7 Å². The van der Waals surface area contributed by atoms with Crippen molar-refractivity contribution in [2.24, 2.45) is 0 Å². The first-order valence-corrected chi connectivity index (χ1v) is 8.47. The fraction of sp³-hybridized carbons (Fsp3) is 1.00. The van der Waals surface area contributed by atoms with E-state index in [1.165, 1.54) is 0 Å². The van der Waals surface area contributed by atoms with Crippen LogP contribution in [0, 0.1) is 0 Å². The summed E-state index contributed by atoms with van der Waals surface area (Å²) in [6, 6.07) is 0.697. The molecule has 1 N–H and O–H groups in total. The average Bonchev–Trinajstić information content (AvgIpc) is 2.81. The zero-order chi connectivity index (χ0) is 13.2. The van der Waals surface area contributed by atoms with Gasteiger partial charge in [-0.15, -0.1) is 0 Å². The Morgan fingerprint density at radius 2 is 1.89 bits per heavy atom. The van der Waals surface area contributed by atoms with E-state index in [1.807, 2.05) is 0 Å². The minimum absolute atomic E-state index is 0.168. The third kappa shape index (κ3) is 3.44. The van der Waals surface area contributed by atoms with Crippen molar-refractivity contribution in [1.82, 2.24) is 14.5 Å². The van der Waals surface area contributed by atoms with Crippen molar-refractivity contribution >= 4 is 10.0 Å². The van der Waals surface area contributed by atoms with Crippen molar-refractivity contribution < 1.29 is 8.42 Å². The number of sulfonamides is 1. The molecular formula is C12H25N3O2S. The quantitative estimate of drug-likeness (QED) is 0.790. The first-order chi connectivity index (χ1) is 8.49. The molecule has 1 atom stereocenters. The molecule has 1 unspecified atom stereocenters. The Kier molecular flexibility index (Phi) is 4.64. The van der Waals surface area contributed by atoms with Crippen LogP contribution in [-0.2, 0) is 10.0 Å². The number of hydrogen-bond acceptors (Lipinski definition) is 4. The molecule has 0 saturated carbocycles. The normalized spacial score (nSPS) is 28.1. The predicted molar refractivity (Wildman–Crippen MR) is 73.1 cm³/mol. The zero-order valence-corrected chi connectivity index (χ0v) is 12.2. The maximum Gasteiger partial charge on any atom is 0.215 e. The molecule has 2 heterocycles. The van der Waals surface area contributed by atoms with Gasteiger partial charge in [0.25, 0.3) is 0 Å². The highest BCUT2D eigenvalue weighted by molar-refractivity contribution is 7.89. The molecule has 2 aliphatic heterocycles. The first-order valence-electron chi connectivity index (χ1n) is 6.86. The highest BCUT2D eigenvalue weighted by Crippen LogP contribution is 2.19. The smallest absolute Gasteiger partial charge is 0.215 e. The largest absolute Gasteiger partial charge is 0.313 e. The summed E-state index contributed by atoms with van der Waals surface area (Å²) >= 11 is 0. The van der Waals surface area contributed by atoms with Crippen molar-refractivity contribution in [1.29, 1.82) is 0 Å². The molecule has 0 amide bonds. The van der Waals surface area contributed by atoms with Crippen LogP contribution in [-0.4, -0.2) is 69.2 Å². The van der Waals surface area contributed by atoms with Crippen molar-refractivity contribution in [3.8, 4) is 0 Å².